The summed E-state index contributed by atoms with van der Waals surface area (Å²) in [6, 6.07) is 7.20. The van der Waals surface area contributed by atoms with Crippen LogP contribution in [0.2, 0.25) is 0 Å². The Morgan fingerprint density at radius 3 is 2.74 bits per heavy atom. The van der Waals surface area contributed by atoms with Crippen LogP contribution in [0.4, 0.5) is 5.69 Å². The predicted octanol–water partition coefficient (Wildman–Crippen LogP) is 0.852. The molecule has 1 aliphatic heterocycles. The van der Waals surface area contributed by atoms with Gasteiger partial charge in [-0.15, -0.1) is 0 Å². The number of carbonyl (C=O) groups is 1. The molecule has 1 saturated heterocycles. The molecule has 1 heterocycles. The molecule has 1 aliphatic rings. The minimum absolute atomic E-state index is 0.110. The van der Waals surface area contributed by atoms with Gasteiger partial charge in [-0.25, -0.2) is 8.42 Å². The van der Waals surface area contributed by atoms with Crippen LogP contribution in [0.25, 0.3) is 0 Å². The molecular weight excluding hydrogens is 264 g/mol. The third kappa shape index (κ3) is 3.26. The standard InChI is InChI=1S/C13H18N2O3S/c14-11-6-2-1-5-10(11)9-15-13(16)12-7-3-4-8-19(12,17)18/h1-2,5-6,12H,3-4,7-9,14H2,(H,15,16). The number of nitrogens with one attached hydrogen (secondary N) is 1. The van der Waals surface area contributed by atoms with Crippen LogP contribution in [-0.2, 0) is 21.2 Å². The second-order valence-corrected chi connectivity index (χ2v) is 7.07. The summed E-state index contributed by atoms with van der Waals surface area (Å²) in [5.41, 5.74) is 7.16. The van der Waals surface area contributed by atoms with Crippen molar-refractivity contribution in [2.24, 2.45) is 0 Å². The summed E-state index contributed by atoms with van der Waals surface area (Å²) in [6.45, 7) is 0.261. The fourth-order valence-corrected chi connectivity index (χ4v) is 4.07. The number of rotatable bonds is 3. The fourth-order valence-electron chi connectivity index (χ4n) is 2.24. The van der Waals surface area contributed by atoms with Gasteiger partial charge >= 0.3 is 0 Å². The lowest BCUT2D eigenvalue weighted by Crippen LogP contribution is -2.42. The molecule has 19 heavy (non-hydrogen) atoms. The molecule has 5 nitrogen and oxygen atoms in total. The van der Waals surface area contributed by atoms with Crippen molar-refractivity contribution in [1.82, 2.24) is 5.32 Å². The molecule has 2 rings (SSSR count). The third-order valence-corrected chi connectivity index (χ3v) is 5.55. The highest BCUT2D eigenvalue weighted by Crippen LogP contribution is 2.20. The summed E-state index contributed by atoms with van der Waals surface area (Å²) in [5, 5.41) is 1.77. The molecule has 3 N–H and O–H groups in total. The lowest BCUT2D eigenvalue weighted by Gasteiger charge is -2.21. The van der Waals surface area contributed by atoms with E-state index in [4.69, 9.17) is 5.73 Å². The SMILES string of the molecule is Nc1ccccc1CNC(=O)C1CCCCS1(=O)=O. The number of sulfone groups is 1. The lowest BCUT2D eigenvalue weighted by molar-refractivity contribution is -0.121. The number of anilines is 1. The van der Waals surface area contributed by atoms with Gasteiger partial charge in [0.25, 0.3) is 0 Å². The van der Waals surface area contributed by atoms with E-state index < -0.39 is 21.0 Å². The maximum Gasteiger partial charge on any atom is 0.238 e. The smallest absolute Gasteiger partial charge is 0.238 e. The molecular formula is C13H18N2O3S. The average molecular weight is 282 g/mol. The highest BCUT2D eigenvalue weighted by molar-refractivity contribution is 7.92. The summed E-state index contributed by atoms with van der Waals surface area (Å²) in [5.74, 6) is -0.304. The van der Waals surface area contributed by atoms with Crippen molar-refractivity contribution >= 4 is 21.4 Å². The van der Waals surface area contributed by atoms with Crippen LogP contribution in [0.1, 0.15) is 24.8 Å². The number of nitrogens with two attached hydrogens (primary N) is 1. The molecule has 1 fully saturated rings. The first-order valence-electron chi connectivity index (χ1n) is 6.33. The van der Waals surface area contributed by atoms with Crippen LogP contribution in [0.5, 0.6) is 0 Å². The molecule has 0 spiro atoms. The van der Waals surface area contributed by atoms with Gasteiger partial charge in [-0.05, 0) is 24.5 Å². The van der Waals surface area contributed by atoms with E-state index in [2.05, 4.69) is 5.32 Å². The number of amides is 1. The van der Waals surface area contributed by atoms with Crippen molar-refractivity contribution < 1.29 is 13.2 Å². The van der Waals surface area contributed by atoms with Crippen molar-refractivity contribution in [1.29, 1.82) is 0 Å². The third-order valence-electron chi connectivity index (χ3n) is 3.38. The summed E-state index contributed by atoms with van der Waals surface area (Å²) in [7, 11) is -3.28. The van der Waals surface area contributed by atoms with E-state index >= 15 is 0 Å². The molecule has 1 unspecified atom stereocenters. The van der Waals surface area contributed by atoms with Gasteiger partial charge in [-0.3, -0.25) is 4.79 Å². The Kier molecular flexibility index (Phi) is 4.09. The first kappa shape index (κ1) is 13.9. The monoisotopic (exact) mass is 282 g/mol. The van der Waals surface area contributed by atoms with Crippen LogP contribution in [0.15, 0.2) is 24.3 Å². The largest absolute Gasteiger partial charge is 0.398 e. The van der Waals surface area contributed by atoms with Crippen molar-refractivity contribution in [3.8, 4) is 0 Å². The van der Waals surface area contributed by atoms with Gasteiger partial charge in [0.05, 0.1) is 5.75 Å². The Hall–Kier alpha value is -1.56. The van der Waals surface area contributed by atoms with Crippen LogP contribution >= 0.6 is 0 Å². The Morgan fingerprint density at radius 1 is 1.32 bits per heavy atom. The van der Waals surface area contributed by atoms with Crippen molar-refractivity contribution in [3.05, 3.63) is 29.8 Å². The summed E-state index contributed by atoms with van der Waals surface area (Å²) >= 11 is 0. The lowest BCUT2D eigenvalue weighted by atomic mass is 10.1. The molecule has 0 aliphatic carbocycles. The molecule has 1 atom stereocenters. The van der Waals surface area contributed by atoms with E-state index in [0.717, 1.165) is 12.0 Å². The molecule has 0 bridgehead atoms. The van der Waals surface area contributed by atoms with Crippen molar-refractivity contribution in [2.45, 2.75) is 31.1 Å². The maximum absolute atomic E-state index is 12.0. The molecule has 0 saturated carbocycles. The van der Waals surface area contributed by atoms with Gasteiger partial charge in [-0.2, -0.15) is 0 Å². The minimum atomic E-state index is -3.28. The van der Waals surface area contributed by atoms with E-state index in [1.54, 1.807) is 6.07 Å². The number of nitrogen functional groups attached to an aromatic ring is 1. The number of benzene rings is 1. The molecule has 1 aromatic carbocycles. The Labute approximate surface area is 113 Å². The van der Waals surface area contributed by atoms with E-state index in [1.807, 2.05) is 18.2 Å². The highest BCUT2D eigenvalue weighted by Gasteiger charge is 2.34. The second-order valence-electron chi connectivity index (χ2n) is 4.77. The van der Waals surface area contributed by atoms with Gasteiger partial charge in [-0.1, -0.05) is 24.6 Å². The average Bonchev–Trinajstić information content (AvgIpc) is 2.37. The number of hydrogen-bond acceptors (Lipinski definition) is 4. The molecule has 1 aromatic rings. The van der Waals surface area contributed by atoms with E-state index in [0.29, 0.717) is 18.5 Å². The van der Waals surface area contributed by atoms with E-state index in [9.17, 15) is 13.2 Å². The molecule has 1 amide bonds. The number of carbonyl (C=O) groups excluding carboxylic acids is 1. The van der Waals surface area contributed by atoms with Gasteiger partial charge in [0.2, 0.25) is 5.91 Å². The minimum Gasteiger partial charge on any atom is -0.398 e. The van der Waals surface area contributed by atoms with Crippen LogP contribution < -0.4 is 11.1 Å². The van der Waals surface area contributed by atoms with Gasteiger partial charge < -0.3 is 11.1 Å². The van der Waals surface area contributed by atoms with Crippen molar-refractivity contribution in [2.75, 3.05) is 11.5 Å². The predicted molar refractivity (Wildman–Crippen MR) is 74.1 cm³/mol. The van der Waals surface area contributed by atoms with Crippen LogP contribution in [-0.4, -0.2) is 25.3 Å². The zero-order chi connectivity index (χ0) is 13.9. The highest BCUT2D eigenvalue weighted by atomic mass is 32.2. The van der Waals surface area contributed by atoms with Crippen LogP contribution in [0, 0.1) is 0 Å². The van der Waals surface area contributed by atoms with Crippen LogP contribution in [0.3, 0.4) is 0 Å². The first-order chi connectivity index (χ1) is 9.00. The molecule has 6 heteroatoms. The zero-order valence-corrected chi connectivity index (χ0v) is 11.4. The quantitative estimate of drug-likeness (QED) is 0.804. The normalized spacial score (nSPS) is 21.8. The van der Waals surface area contributed by atoms with E-state index in [-0.39, 0.29) is 12.3 Å². The maximum atomic E-state index is 12.0. The first-order valence-corrected chi connectivity index (χ1v) is 8.05. The molecule has 104 valence electrons. The van der Waals surface area contributed by atoms with E-state index in [1.165, 1.54) is 0 Å². The zero-order valence-electron chi connectivity index (χ0n) is 10.6. The summed E-state index contributed by atoms with van der Waals surface area (Å²) in [4.78, 5) is 12.0. The topological polar surface area (TPSA) is 89.3 Å². The van der Waals surface area contributed by atoms with Gasteiger partial charge in [0, 0.05) is 12.2 Å². The van der Waals surface area contributed by atoms with Gasteiger partial charge in [0.15, 0.2) is 9.84 Å². The summed E-state index contributed by atoms with van der Waals surface area (Å²) < 4.78 is 23.6. The Bertz CT molecular complexity index is 569. The fraction of sp³-hybridized carbons (Fsp3) is 0.462. The number of para-hydroxylation sites is 1. The van der Waals surface area contributed by atoms with Crippen molar-refractivity contribution in [3.63, 3.8) is 0 Å². The second kappa shape index (κ2) is 5.61. The summed E-state index contributed by atoms with van der Waals surface area (Å²) in [6.07, 6.45) is 1.85. The Morgan fingerprint density at radius 2 is 2.05 bits per heavy atom. The van der Waals surface area contributed by atoms with Gasteiger partial charge in [0.1, 0.15) is 5.25 Å². The molecule has 0 aromatic heterocycles. The Balaban J connectivity index is 2.00. The molecule has 0 radical (unpaired) electrons. The number of hydrogen-bond donors (Lipinski definition) is 2.